The molecule has 10 nitrogen and oxygen atoms in total. The summed E-state index contributed by atoms with van der Waals surface area (Å²) in [4.78, 5) is 26.1. The first-order valence-electron chi connectivity index (χ1n) is 11.8. The third-order valence-electron chi connectivity index (χ3n) is 6.75. The van der Waals surface area contributed by atoms with Crippen LogP contribution in [0.3, 0.4) is 0 Å². The Morgan fingerprint density at radius 3 is 2.53 bits per heavy atom. The number of ether oxygens (including phenoxy) is 2. The Morgan fingerprint density at radius 2 is 1.79 bits per heavy atom. The maximum Gasteiger partial charge on any atom is 0.229 e. The van der Waals surface area contributed by atoms with Crippen LogP contribution in [0.15, 0.2) is 24.4 Å². The number of hydrogen-bond acceptors (Lipinski definition) is 8. The lowest BCUT2D eigenvalue weighted by atomic mass is 10.1. The number of anilines is 2. The first kappa shape index (κ1) is 21.3. The highest BCUT2D eigenvalue weighted by Crippen LogP contribution is 2.33. The van der Waals surface area contributed by atoms with Crippen LogP contribution in [0.4, 0.5) is 11.8 Å². The minimum atomic E-state index is -0.0440. The number of hydrogen-bond donors (Lipinski definition) is 3. The number of aromatic nitrogens is 5. The molecule has 0 amide bonds. The zero-order chi connectivity index (χ0) is 23.2. The Morgan fingerprint density at radius 1 is 1.03 bits per heavy atom. The summed E-state index contributed by atoms with van der Waals surface area (Å²) in [5.74, 6) is 2.22. The number of aliphatic hydroxyl groups is 1. The van der Waals surface area contributed by atoms with Gasteiger partial charge in [-0.1, -0.05) is 0 Å². The fraction of sp³-hybridized carbons (Fsp3) is 0.458. The molecular formula is C24H29N7O3. The first-order valence-corrected chi connectivity index (χ1v) is 11.8. The molecule has 10 heteroatoms. The number of nitrogens with one attached hydrogen (secondary N) is 2. The van der Waals surface area contributed by atoms with E-state index in [0.717, 1.165) is 46.5 Å². The van der Waals surface area contributed by atoms with E-state index < -0.39 is 0 Å². The normalized spacial score (nSPS) is 21.6. The summed E-state index contributed by atoms with van der Waals surface area (Å²) in [7, 11) is 0. The summed E-state index contributed by atoms with van der Waals surface area (Å²) < 4.78 is 11.3. The molecule has 0 spiro atoms. The molecule has 3 N–H and O–H groups in total. The fourth-order valence-corrected chi connectivity index (χ4v) is 4.92. The van der Waals surface area contributed by atoms with Gasteiger partial charge < -0.3 is 34.3 Å². The van der Waals surface area contributed by atoms with E-state index in [4.69, 9.17) is 24.4 Å². The van der Waals surface area contributed by atoms with Gasteiger partial charge in [-0.15, -0.1) is 0 Å². The number of rotatable bonds is 4. The molecule has 34 heavy (non-hydrogen) atoms. The Hall–Kier alpha value is -3.21. The molecule has 2 saturated heterocycles. The summed E-state index contributed by atoms with van der Waals surface area (Å²) in [6.45, 7) is 8.33. The van der Waals surface area contributed by atoms with Crippen LogP contribution in [0.2, 0.25) is 0 Å². The smallest absolute Gasteiger partial charge is 0.229 e. The molecule has 2 fully saturated rings. The van der Waals surface area contributed by atoms with E-state index in [0.29, 0.717) is 43.8 Å². The van der Waals surface area contributed by atoms with E-state index in [1.54, 1.807) is 0 Å². The van der Waals surface area contributed by atoms with Crippen molar-refractivity contribution in [1.82, 2.24) is 24.9 Å². The molecule has 0 aliphatic carbocycles. The zero-order valence-electron chi connectivity index (χ0n) is 19.4. The maximum absolute atomic E-state index is 9.79. The molecule has 1 aromatic carbocycles. The third-order valence-corrected chi connectivity index (χ3v) is 6.75. The molecular weight excluding hydrogens is 434 g/mol. The van der Waals surface area contributed by atoms with Crippen molar-refractivity contribution in [3.8, 4) is 11.4 Å². The van der Waals surface area contributed by atoms with Gasteiger partial charge in [0.1, 0.15) is 11.3 Å². The maximum atomic E-state index is 9.79. The number of fused-ring (bicyclic) bond motifs is 2. The molecule has 178 valence electrons. The Labute approximate surface area is 196 Å². The van der Waals surface area contributed by atoms with Crippen LogP contribution in [-0.2, 0) is 16.1 Å². The highest BCUT2D eigenvalue weighted by atomic mass is 16.5. The number of benzene rings is 1. The van der Waals surface area contributed by atoms with Gasteiger partial charge in [0.25, 0.3) is 0 Å². The monoisotopic (exact) mass is 463 g/mol. The van der Waals surface area contributed by atoms with Crippen molar-refractivity contribution in [3.05, 3.63) is 30.0 Å². The Kier molecular flexibility index (Phi) is 5.35. The number of aliphatic hydroxyl groups excluding tert-OH is 1. The summed E-state index contributed by atoms with van der Waals surface area (Å²) in [6.07, 6.45) is 1.90. The molecule has 4 aromatic rings. The number of aromatic amines is 2. The van der Waals surface area contributed by atoms with Crippen molar-refractivity contribution in [2.45, 2.75) is 32.5 Å². The first-order chi connectivity index (χ1) is 16.6. The second-order valence-electron chi connectivity index (χ2n) is 9.11. The van der Waals surface area contributed by atoms with Gasteiger partial charge in [-0.05, 0) is 37.6 Å². The van der Waals surface area contributed by atoms with Crippen molar-refractivity contribution in [3.63, 3.8) is 0 Å². The summed E-state index contributed by atoms with van der Waals surface area (Å²) in [5.41, 5.74) is 4.14. The predicted octanol–water partition coefficient (Wildman–Crippen LogP) is 2.44. The van der Waals surface area contributed by atoms with Gasteiger partial charge in [-0.2, -0.15) is 9.97 Å². The van der Waals surface area contributed by atoms with Gasteiger partial charge in [0.2, 0.25) is 5.95 Å². The predicted molar refractivity (Wildman–Crippen MR) is 130 cm³/mol. The van der Waals surface area contributed by atoms with Crippen LogP contribution in [0.1, 0.15) is 19.4 Å². The molecule has 0 unspecified atom stereocenters. The topological polar surface area (TPSA) is 115 Å². The minimum Gasteiger partial charge on any atom is -0.392 e. The molecule has 0 radical (unpaired) electrons. The van der Waals surface area contributed by atoms with Crippen LogP contribution in [0, 0.1) is 0 Å². The van der Waals surface area contributed by atoms with Crippen molar-refractivity contribution >= 4 is 33.8 Å². The molecule has 3 aromatic heterocycles. The standard InChI is InChI=1S/C24H29N7O3/c1-14-12-33-7-5-30(14)23-20-22(28-24(29-23)31-6-8-34-13-15(31)2)27-21(26-20)18-9-16(11-32)10-19-17(18)3-4-25-19/h3-4,9-10,14-15,25,32H,5-8,11-13H2,1-2H3,(H,26,27,28,29)/t14-,15-/m1/s1. The third kappa shape index (κ3) is 3.58. The van der Waals surface area contributed by atoms with Gasteiger partial charge in [0, 0.05) is 35.8 Å². The highest BCUT2D eigenvalue weighted by molar-refractivity contribution is 5.96. The molecule has 6 rings (SSSR count). The van der Waals surface area contributed by atoms with E-state index in [1.807, 2.05) is 24.4 Å². The Balaban J connectivity index is 1.54. The Bertz CT molecular complexity index is 1330. The largest absolute Gasteiger partial charge is 0.392 e. The molecule has 0 bridgehead atoms. The lowest BCUT2D eigenvalue weighted by Crippen LogP contribution is -2.46. The molecule has 2 aliphatic rings. The second-order valence-corrected chi connectivity index (χ2v) is 9.11. The van der Waals surface area contributed by atoms with Gasteiger partial charge >= 0.3 is 0 Å². The van der Waals surface area contributed by atoms with Crippen LogP contribution < -0.4 is 9.80 Å². The lowest BCUT2D eigenvalue weighted by Gasteiger charge is -2.36. The van der Waals surface area contributed by atoms with Crippen LogP contribution >= 0.6 is 0 Å². The van der Waals surface area contributed by atoms with Crippen LogP contribution in [0.5, 0.6) is 0 Å². The summed E-state index contributed by atoms with van der Waals surface area (Å²) in [6, 6.07) is 6.32. The number of imidazole rings is 1. The molecule has 5 heterocycles. The second kappa shape index (κ2) is 8.53. The SMILES string of the molecule is C[C@@H]1COCCN1c1nc(N2CCOC[C@H]2C)c2[nH]c(-c3cc(CO)cc4[nH]ccc34)nc2n1. The summed E-state index contributed by atoms with van der Waals surface area (Å²) in [5, 5.41) is 10.8. The van der Waals surface area contributed by atoms with E-state index in [2.05, 4.69) is 33.6 Å². The number of H-pyrrole nitrogens is 2. The van der Waals surface area contributed by atoms with Gasteiger partial charge in [0.15, 0.2) is 11.5 Å². The van der Waals surface area contributed by atoms with E-state index in [9.17, 15) is 5.11 Å². The van der Waals surface area contributed by atoms with Gasteiger partial charge in [-0.3, -0.25) is 0 Å². The van der Waals surface area contributed by atoms with Gasteiger partial charge in [0.05, 0.1) is 45.1 Å². The molecule has 2 atom stereocenters. The summed E-state index contributed by atoms with van der Waals surface area (Å²) >= 11 is 0. The van der Waals surface area contributed by atoms with Crippen molar-refractivity contribution in [1.29, 1.82) is 0 Å². The quantitative estimate of drug-likeness (QED) is 0.423. The minimum absolute atomic E-state index is 0.0440. The zero-order valence-corrected chi connectivity index (χ0v) is 19.4. The van der Waals surface area contributed by atoms with Crippen molar-refractivity contribution < 1.29 is 14.6 Å². The van der Waals surface area contributed by atoms with E-state index in [-0.39, 0.29) is 18.7 Å². The lowest BCUT2D eigenvalue weighted by molar-refractivity contribution is 0.0973. The number of nitrogens with zero attached hydrogens (tertiary/aromatic N) is 5. The van der Waals surface area contributed by atoms with Crippen molar-refractivity contribution in [2.75, 3.05) is 49.3 Å². The average molecular weight is 464 g/mol. The highest BCUT2D eigenvalue weighted by Gasteiger charge is 2.28. The van der Waals surface area contributed by atoms with E-state index in [1.165, 1.54) is 0 Å². The molecule has 2 aliphatic heterocycles. The number of morpholine rings is 2. The molecule has 0 saturated carbocycles. The van der Waals surface area contributed by atoms with E-state index >= 15 is 0 Å². The van der Waals surface area contributed by atoms with Crippen LogP contribution in [0.25, 0.3) is 33.5 Å². The van der Waals surface area contributed by atoms with Gasteiger partial charge in [-0.25, -0.2) is 4.98 Å². The van der Waals surface area contributed by atoms with Crippen LogP contribution in [-0.4, -0.2) is 81.6 Å². The fourth-order valence-electron chi connectivity index (χ4n) is 4.92. The van der Waals surface area contributed by atoms with Crippen molar-refractivity contribution in [2.24, 2.45) is 0 Å². The average Bonchev–Trinajstić information content (AvgIpc) is 3.50.